The molecule has 14 heavy (non-hydrogen) atoms. The van der Waals surface area contributed by atoms with Crippen LogP contribution >= 0.6 is 0 Å². The lowest BCUT2D eigenvalue weighted by atomic mass is 9.58. The molecule has 1 fully saturated rings. The Hall–Kier alpha value is -1.26. The van der Waals surface area contributed by atoms with E-state index < -0.39 is 23.4 Å². The summed E-state index contributed by atoms with van der Waals surface area (Å²) in [6, 6.07) is -0.193. The lowest BCUT2D eigenvalue weighted by molar-refractivity contribution is -0.159. The molecule has 2 N–H and O–H groups in total. The van der Waals surface area contributed by atoms with Crippen LogP contribution in [0.4, 0.5) is 4.79 Å². The number of carboxylic acids is 1. The van der Waals surface area contributed by atoms with Gasteiger partial charge in [0.1, 0.15) is 0 Å². The summed E-state index contributed by atoms with van der Waals surface area (Å²) in [5, 5.41) is 17.6. The predicted octanol–water partition coefficient (Wildman–Crippen LogP) is 1.10. The van der Waals surface area contributed by atoms with Crippen molar-refractivity contribution in [3.05, 3.63) is 0 Å². The Kier molecular flexibility index (Phi) is 2.43. The predicted molar refractivity (Wildman–Crippen MR) is 49.1 cm³/mol. The fourth-order valence-electron chi connectivity index (χ4n) is 2.11. The molecule has 0 aromatic carbocycles. The van der Waals surface area contributed by atoms with E-state index in [1.54, 1.807) is 13.8 Å². The van der Waals surface area contributed by atoms with Crippen molar-refractivity contribution in [3.8, 4) is 0 Å². The first-order chi connectivity index (χ1) is 6.28. The number of rotatable bonds is 2. The molecule has 1 aliphatic rings. The maximum atomic E-state index is 10.8. The van der Waals surface area contributed by atoms with Gasteiger partial charge in [-0.3, -0.25) is 4.79 Å². The zero-order chi connectivity index (χ0) is 11.1. The molecule has 2 unspecified atom stereocenters. The molecule has 1 amide bonds. The molecular formula is C9H15NO4. The van der Waals surface area contributed by atoms with E-state index in [1.165, 1.54) is 11.9 Å². The van der Waals surface area contributed by atoms with Crippen LogP contribution < -0.4 is 0 Å². The first kappa shape index (κ1) is 10.8. The maximum Gasteiger partial charge on any atom is 0.407 e. The summed E-state index contributed by atoms with van der Waals surface area (Å²) in [5.41, 5.74) is -0.473. The van der Waals surface area contributed by atoms with Crippen molar-refractivity contribution in [3.63, 3.8) is 0 Å². The van der Waals surface area contributed by atoms with Gasteiger partial charge in [-0.15, -0.1) is 0 Å². The fourth-order valence-corrected chi connectivity index (χ4v) is 2.11. The Balaban J connectivity index is 2.72. The van der Waals surface area contributed by atoms with Crippen molar-refractivity contribution in [1.82, 2.24) is 4.90 Å². The van der Waals surface area contributed by atoms with Gasteiger partial charge in [0.25, 0.3) is 0 Å². The highest BCUT2D eigenvalue weighted by molar-refractivity contribution is 5.74. The largest absolute Gasteiger partial charge is 0.481 e. The van der Waals surface area contributed by atoms with Gasteiger partial charge in [0.05, 0.1) is 5.92 Å². The van der Waals surface area contributed by atoms with Crippen LogP contribution in [0, 0.1) is 11.3 Å². The Labute approximate surface area is 82.3 Å². The van der Waals surface area contributed by atoms with Crippen molar-refractivity contribution >= 4 is 12.1 Å². The standard InChI is InChI=1S/C9H15NO4/c1-9(2)5(7(11)12)4-6(9)10(3)8(13)14/h5-6H,4H2,1-3H3,(H,11,12)(H,13,14). The van der Waals surface area contributed by atoms with E-state index in [1.807, 2.05) is 0 Å². The van der Waals surface area contributed by atoms with Crippen molar-refractivity contribution in [1.29, 1.82) is 0 Å². The van der Waals surface area contributed by atoms with E-state index in [0.29, 0.717) is 6.42 Å². The van der Waals surface area contributed by atoms with E-state index >= 15 is 0 Å². The molecule has 0 saturated heterocycles. The van der Waals surface area contributed by atoms with Crippen LogP contribution in [0.25, 0.3) is 0 Å². The van der Waals surface area contributed by atoms with E-state index in [2.05, 4.69) is 0 Å². The first-order valence-corrected chi connectivity index (χ1v) is 4.47. The number of aliphatic carboxylic acids is 1. The second-order valence-corrected chi connectivity index (χ2v) is 4.36. The molecule has 1 aliphatic carbocycles. The Morgan fingerprint density at radius 1 is 1.36 bits per heavy atom. The van der Waals surface area contributed by atoms with Gasteiger partial charge in [-0.25, -0.2) is 4.79 Å². The van der Waals surface area contributed by atoms with Crippen LogP contribution in [-0.2, 0) is 4.79 Å². The monoisotopic (exact) mass is 201 g/mol. The summed E-state index contributed by atoms with van der Waals surface area (Å²) in [7, 11) is 1.48. The molecule has 80 valence electrons. The Morgan fingerprint density at radius 3 is 2.14 bits per heavy atom. The summed E-state index contributed by atoms with van der Waals surface area (Å²) in [5.74, 6) is -1.28. The molecule has 0 aliphatic heterocycles. The Morgan fingerprint density at radius 2 is 1.86 bits per heavy atom. The van der Waals surface area contributed by atoms with Gasteiger partial charge in [-0.05, 0) is 11.8 Å². The summed E-state index contributed by atoms with van der Waals surface area (Å²) >= 11 is 0. The molecular weight excluding hydrogens is 186 g/mol. The van der Waals surface area contributed by atoms with Gasteiger partial charge >= 0.3 is 12.1 Å². The number of hydrogen-bond donors (Lipinski definition) is 2. The normalized spacial score (nSPS) is 29.1. The van der Waals surface area contributed by atoms with Gasteiger partial charge in [0, 0.05) is 13.1 Å². The topological polar surface area (TPSA) is 77.8 Å². The lowest BCUT2D eigenvalue weighted by Gasteiger charge is -2.52. The van der Waals surface area contributed by atoms with E-state index in [4.69, 9.17) is 10.2 Å². The third kappa shape index (κ3) is 1.42. The molecule has 0 radical (unpaired) electrons. The van der Waals surface area contributed by atoms with Crippen molar-refractivity contribution in [2.24, 2.45) is 11.3 Å². The minimum atomic E-state index is -1.01. The third-order valence-corrected chi connectivity index (χ3v) is 3.28. The SMILES string of the molecule is CN(C(=O)O)C1CC(C(=O)O)C1(C)C. The van der Waals surface area contributed by atoms with Crippen LogP contribution in [0.2, 0.25) is 0 Å². The van der Waals surface area contributed by atoms with Crippen LogP contribution in [0.3, 0.4) is 0 Å². The summed E-state index contributed by atoms with van der Waals surface area (Å²) < 4.78 is 0. The number of hydrogen-bond acceptors (Lipinski definition) is 2. The highest BCUT2D eigenvalue weighted by Gasteiger charge is 2.54. The van der Waals surface area contributed by atoms with Gasteiger partial charge in [-0.2, -0.15) is 0 Å². The Bertz CT molecular complexity index is 274. The molecule has 5 nitrogen and oxygen atoms in total. The summed E-state index contributed by atoms with van der Waals surface area (Å²) in [6.45, 7) is 3.58. The van der Waals surface area contributed by atoms with Crippen molar-refractivity contribution in [2.75, 3.05) is 7.05 Å². The molecule has 0 spiro atoms. The average molecular weight is 201 g/mol. The van der Waals surface area contributed by atoms with Crippen LogP contribution in [0.5, 0.6) is 0 Å². The number of amides is 1. The highest BCUT2D eigenvalue weighted by atomic mass is 16.4. The highest BCUT2D eigenvalue weighted by Crippen LogP contribution is 2.48. The van der Waals surface area contributed by atoms with E-state index in [-0.39, 0.29) is 6.04 Å². The molecule has 1 rings (SSSR count). The van der Waals surface area contributed by atoms with Gasteiger partial charge < -0.3 is 15.1 Å². The first-order valence-electron chi connectivity index (χ1n) is 4.47. The number of nitrogens with zero attached hydrogens (tertiary/aromatic N) is 1. The molecule has 1 saturated carbocycles. The lowest BCUT2D eigenvalue weighted by Crippen LogP contribution is -2.60. The third-order valence-electron chi connectivity index (χ3n) is 3.28. The molecule has 0 heterocycles. The van der Waals surface area contributed by atoms with Crippen molar-refractivity contribution < 1.29 is 19.8 Å². The molecule has 2 atom stereocenters. The molecule has 0 aromatic rings. The van der Waals surface area contributed by atoms with Gasteiger partial charge in [0.2, 0.25) is 0 Å². The van der Waals surface area contributed by atoms with E-state index in [9.17, 15) is 9.59 Å². The van der Waals surface area contributed by atoms with Crippen molar-refractivity contribution in [2.45, 2.75) is 26.3 Å². The summed E-state index contributed by atoms with van der Waals surface area (Å²) in [6.07, 6.45) is -0.600. The quantitative estimate of drug-likeness (QED) is 0.701. The molecule has 0 bridgehead atoms. The second-order valence-electron chi connectivity index (χ2n) is 4.36. The average Bonchev–Trinajstić information content (AvgIpc) is 2.01. The van der Waals surface area contributed by atoms with Crippen LogP contribution in [-0.4, -0.2) is 40.3 Å². The van der Waals surface area contributed by atoms with Gasteiger partial charge in [0.15, 0.2) is 0 Å². The molecule has 5 heteroatoms. The molecule has 0 aromatic heterocycles. The summed E-state index contributed by atoms with van der Waals surface area (Å²) in [4.78, 5) is 22.6. The maximum absolute atomic E-state index is 10.8. The van der Waals surface area contributed by atoms with Crippen LogP contribution in [0.1, 0.15) is 20.3 Å². The zero-order valence-corrected chi connectivity index (χ0v) is 8.52. The smallest absolute Gasteiger partial charge is 0.407 e. The number of carbonyl (C=O) groups is 2. The number of carboxylic acid groups (broad SMARTS) is 2. The van der Waals surface area contributed by atoms with Gasteiger partial charge in [-0.1, -0.05) is 13.8 Å². The minimum Gasteiger partial charge on any atom is -0.481 e. The minimum absolute atomic E-state index is 0.193. The zero-order valence-electron chi connectivity index (χ0n) is 8.52. The fraction of sp³-hybridized carbons (Fsp3) is 0.778. The van der Waals surface area contributed by atoms with Crippen LogP contribution in [0.15, 0.2) is 0 Å². The second kappa shape index (κ2) is 3.15. The van der Waals surface area contributed by atoms with E-state index in [0.717, 1.165) is 0 Å².